The molecule has 4 nitrogen and oxygen atoms in total. The third-order valence-electron chi connectivity index (χ3n) is 1.42. The van der Waals surface area contributed by atoms with Gasteiger partial charge in [-0.3, -0.25) is 10.1 Å². The van der Waals surface area contributed by atoms with Gasteiger partial charge >= 0.3 is 0 Å². The van der Waals surface area contributed by atoms with Crippen LogP contribution in [0.3, 0.4) is 0 Å². The van der Waals surface area contributed by atoms with E-state index >= 15 is 0 Å². The molecule has 10 heavy (non-hydrogen) atoms. The molecule has 60 valence electrons. The summed E-state index contributed by atoms with van der Waals surface area (Å²) in [6.07, 6.45) is 1.40. The zero-order chi connectivity index (χ0) is 7.98. The van der Waals surface area contributed by atoms with E-state index in [9.17, 15) is 10.1 Å². The summed E-state index contributed by atoms with van der Waals surface area (Å²) >= 11 is 0. The van der Waals surface area contributed by atoms with Gasteiger partial charge in [0.2, 0.25) is 6.54 Å². The van der Waals surface area contributed by atoms with Gasteiger partial charge in [0.05, 0.1) is 6.10 Å². The summed E-state index contributed by atoms with van der Waals surface area (Å²) in [7, 11) is 1.58. The molecule has 0 aliphatic carbocycles. The molecule has 0 aliphatic rings. The standard InChI is InChI=1S/C6H13NO3/c1-3-6(10-2)4-5-7(8)9/h6H,3-5H2,1-2H3. The van der Waals surface area contributed by atoms with Crippen LogP contribution in [0.2, 0.25) is 0 Å². The highest BCUT2D eigenvalue weighted by Gasteiger charge is 2.07. The number of rotatable bonds is 5. The van der Waals surface area contributed by atoms with Crippen molar-refractivity contribution in [2.24, 2.45) is 0 Å². The van der Waals surface area contributed by atoms with Crippen molar-refractivity contribution < 1.29 is 9.66 Å². The van der Waals surface area contributed by atoms with E-state index in [-0.39, 0.29) is 17.6 Å². The van der Waals surface area contributed by atoms with Crippen molar-refractivity contribution in [3.05, 3.63) is 10.1 Å². The lowest BCUT2D eigenvalue weighted by molar-refractivity contribution is -0.482. The third-order valence-corrected chi connectivity index (χ3v) is 1.42. The van der Waals surface area contributed by atoms with Gasteiger partial charge in [-0.15, -0.1) is 0 Å². The van der Waals surface area contributed by atoms with E-state index < -0.39 is 0 Å². The van der Waals surface area contributed by atoms with Gasteiger partial charge in [-0.2, -0.15) is 0 Å². The number of methoxy groups -OCH3 is 1. The minimum atomic E-state index is -0.318. The first kappa shape index (κ1) is 9.36. The van der Waals surface area contributed by atoms with Gasteiger partial charge in [-0.25, -0.2) is 0 Å². The van der Waals surface area contributed by atoms with E-state index in [0.717, 1.165) is 6.42 Å². The third kappa shape index (κ3) is 4.26. The number of hydrogen-bond acceptors (Lipinski definition) is 3. The Kier molecular flexibility index (Phi) is 4.84. The first-order chi connectivity index (χ1) is 4.70. The SMILES string of the molecule is CCC(CC[N+](=O)[O-])OC. The second kappa shape index (κ2) is 5.17. The molecule has 0 N–H and O–H groups in total. The lowest BCUT2D eigenvalue weighted by Gasteiger charge is -2.08. The average Bonchev–Trinajstić information content (AvgIpc) is 1.90. The maximum absolute atomic E-state index is 9.89. The molecular formula is C6H13NO3. The molecule has 0 amide bonds. The average molecular weight is 147 g/mol. The molecule has 0 heterocycles. The van der Waals surface area contributed by atoms with Crippen molar-refractivity contribution >= 4 is 0 Å². The lowest BCUT2D eigenvalue weighted by atomic mass is 10.2. The fourth-order valence-corrected chi connectivity index (χ4v) is 0.738. The topological polar surface area (TPSA) is 52.4 Å². The van der Waals surface area contributed by atoms with Gasteiger partial charge < -0.3 is 4.74 Å². The Hall–Kier alpha value is -0.640. The van der Waals surface area contributed by atoms with E-state index in [1.807, 2.05) is 6.92 Å². The summed E-state index contributed by atoms with van der Waals surface area (Å²) in [5.41, 5.74) is 0. The summed E-state index contributed by atoms with van der Waals surface area (Å²) in [5.74, 6) is 0. The summed E-state index contributed by atoms with van der Waals surface area (Å²) in [5, 5.41) is 9.89. The molecule has 0 saturated heterocycles. The van der Waals surface area contributed by atoms with E-state index in [0.29, 0.717) is 6.42 Å². The zero-order valence-corrected chi connectivity index (χ0v) is 6.37. The van der Waals surface area contributed by atoms with Crippen LogP contribution in [0.25, 0.3) is 0 Å². The Bertz CT molecular complexity index is 101. The maximum atomic E-state index is 9.89. The molecular weight excluding hydrogens is 134 g/mol. The van der Waals surface area contributed by atoms with Crippen LogP contribution in [0, 0.1) is 10.1 Å². The fourth-order valence-electron chi connectivity index (χ4n) is 0.738. The largest absolute Gasteiger partial charge is 0.381 e. The maximum Gasteiger partial charge on any atom is 0.206 e. The normalized spacial score (nSPS) is 13.0. The molecule has 0 saturated carbocycles. The summed E-state index contributed by atoms with van der Waals surface area (Å²) in [4.78, 5) is 9.57. The van der Waals surface area contributed by atoms with Crippen LogP contribution < -0.4 is 0 Å². The predicted octanol–water partition coefficient (Wildman–Crippen LogP) is 1.08. The van der Waals surface area contributed by atoms with Crippen LogP contribution in [-0.4, -0.2) is 24.7 Å². The van der Waals surface area contributed by atoms with Crippen molar-refractivity contribution in [3.8, 4) is 0 Å². The van der Waals surface area contributed by atoms with Gasteiger partial charge in [-0.1, -0.05) is 6.92 Å². The minimum absolute atomic E-state index is 0.00630. The number of ether oxygens (including phenoxy) is 1. The van der Waals surface area contributed by atoms with Gasteiger partial charge in [0.15, 0.2) is 0 Å². The second-order valence-electron chi connectivity index (χ2n) is 2.11. The van der Waals surface area contributed by atoms with Gasteiger partial charge in [0, 0.05) is 18.5 Å². The molecule has 0 aromatic heterocycles. The van der Waals surface area contributed by atoms with Gasteiger partial charge in [0.1, 0.15) is 0 Å². The molecule has 0 aromatic rings. The van der Waals surface area contributed by atoms with E-state index in [1.54, 1.807) is 7.11 Å². The van der Waals surface area contributed by atoms with Gasteiger partial charge in [0.25, 0.3) is 0 Å². The number of hydrogen-bond donors (Lipinski definition) is 0. The molecule has 0 radical (unpaired) electrons. The lowest BCUT2D eigenvalue weighted by Crippen LogP contribution is -2.14. The number of nitro groups is 1. The Morgan fingerprint density at radius 2 is 2.30 bits per heavy atom. The van der Waals surface area contributed by atoms with E-state index in [4.69, 9.17) is 4.74 Å². The molecule has 0 bridgehead atoms. The molecule has 0 aliphatic heterocycles. The minimum Gasteiger partial charge on any atom is -0.381 e. The second-order valence-corrected chi connectivity index (χ2v) is 2.11. The Morgan fingerprint density at radius 3 is 2.60 bits per heavy atom. The smallest absolute Gasteiger partial charge is 0.206 e. The van der Waals surface area contributed by atoms with Crippen molar-refractivity contribution in [2.45, 2.75) is 25.9 Å². The van der Waals surface area contributed by atoms with Gasteiger partial charge in [-0.05, 0) is 6.42 Å². The number of nitrogens with zero attached hydrogens (tertiary/aromatic N) is 1. The van der Waals surface area contributed by atoms with Crippen molar-refractivity contribution in [3.63, 3.8) is 0 Å². The fraction of sp³-hybridized carbons (Fsp3) is 1.00. The highest BCUT2D eigenvalue weighted by atomic mass is 16.6. The van der Waals surface area contributed by atoms with Crippen LogP contribution in [0.15, 0.2) is 0 Å². The van der Waals surface area contributed by atoms with Crippen molar-refractivity contribution in [1.29, 1.82) is 0 Å². The molecule has 4 heteroatoms. The zero-order valence-electron chi connectivity index (χ0n) is 6.37. The first-order valence-electron chi connectivity index (χ1n) is 3.35. The molecule has 0 rings (SSSR count). The van der Waals surface area contributed by atoms with Crippen molar-refractivity contribution in [2.75, 3.05) is 13.7 Å². The van der Waals surface area contributed by atoms with Crippen LogP contribution in [0.1, 0.15) is 19.8 Å². The van der Waals surface area contributed by atoms with Crippen LogP contribution in [0.5, 0.6) is 0 Å². The Morgan fingerprint density at radius 1 is 1.70 bits per heavy atom. The quantitative estimate of drug-likeness (QED) is 0.432. The predicted molar refractivity (Wildman–Crippen MR) is 37.6 cm³/mol. The van der Waals surface area contributed by atoms with Crippen molar-refractivity contribution in [1.82, 2.24) is 0 Å². The van der Waals surface area contributed by atoms with E-state index in [2.05, 4.69) is 0 Å². The molecule has 1 atom stereocenters. The Labute approximate surface area is 60.3 Å². The summed E-state index contributed by atoms with van der Waals surface area (Å²) < 4.78 is 4.95. The van der Waals surface area contributed by atoms with Crippen LogP contribution in [-0.2, 0) is 4.74 Å². The summed E-state index contributed by atoms with van der Waals surface area (Å²) in [6.45, 7) is 1.96. The summed E-state index contributed by atoms with van der Waals surface area (Å²) in [6, 6.07) is 0. The molecule has 1 unspecified atom stereocenters. The van der Waals surface area contributed by atoms with Crippen LogP contribution in [0.4, 0.5) is 0 Å². The highest BCUT2D eigenvalue weighted by Crippen LogP contribution is 2.00. The van der Waals surface area contributed by atoms with E-state index in [1.165, 1.54) is 0 Å². The molecule has 0 fully saturated rings. The van der Waals surface area contributed by atoms with Crippen LogP contribution >= 0.6 is 0 Å². The molecule has 0 aromatic carbocycles. The highest BCUT2D eigenvalue weighted by molar-refractivity contribution is 4.51. The monoisotopic (exact) mass is 147 g/mol. The Balaban J connectivity index is 3.34. The molecule has 0 spiro atoms. The first-order valence-corrected chi connectivity index (χ1v) is 3.35.